The second-order valence-electron chi connectivity index (χ2n) is 4.65. The van der Waals surface area contributed by atoms with Gasteiger partial charge >= 0.3 is 0 Å². The zero-order chi connectivity index (χ0) is 13.4. The molecule has 0 unspecified atom stereocenters. The average Bonchev–Trinajstić information content (AvgIpc) is 2.41. The van der Waals surface area contributed by atoms with Crippen LogP contribution in [0.3, 0.4) is 0 Å². The molecule has 0 aliphatic carbocycles. The van der Waals surface area contributed by atoms with Gasteiger partial charge in [-0.15, -0.1) is 0 Å². The number of aromatic nitrogens is 2. The van der Waals surface area contributed by atoms with Crippen LogP contribution >= 0.6 is 15.9 Å². The third-order valence-electron chi connectivity index (χ3n) is 3.45. The zero-order valence-electron chi connectivity index (χ0n) is 10.3. The van der Waals surface area contributed by atoms with E-state index < -0.39 is 0 Å². The van der Waals surface area contributed by atoms with Gasteiger partial charge in [0.2, 0.25) is 5.95 Å². The van der Waals surface area contributed by atoms with E-state index in [0.29, 0.717) is 24.1 Å². The summed E-state index contributed by atoms with van der Waals surface area (Å²) in [6.07, 6.45) is 1.59. The van der Waals surface area contributed by atoms with E-state index in [4.69, 9.17) is 10.5 Å². The number of nitrogens with zero attached hydrogens (tertiary/aromatic N) is 2. The lowest BCUT2D eigenvalue weighted by atomic mass is 10.1. The molecule has 5 nitrogen and oxygen atoms in total. The lowest BCUT2D eigenvalue weighted by Gasteiger charge is -2.25. The predicted octanol–water partition coefficient (Wildman–Crippen LogP) is 2.09. The minimum atomic E-state index is -0.0734. The molecule has 19 heavy (non-hydrogen) atoms. The van der Waals surface area contributed by atoms with Crippen molar-refractivity contribution < 1.29 is 4.74 Å². The molecule has 1 aromatic carbocycles. The normalized spacial score (nSPS) is 16.9. The Kier molecular flexibility index (Phi) is 3.28. The first kappa shape index (κ1) is 12.6. The Morgan fingerprint density at radius 2 is 2.11 bits per heavy atom. The quantitative estimate of drug-likeness (QED) is 0.872. The monoisotopic (exact) mass is 323 g/mol. The molecular weight excluding hydrogens is 310 g/mol. The number of anilines is 1. The van der Waals surface area contributed by atoms with Gasteiger partial charge in [-0.2, -0.15) is 0 Å². The lowest BCUT2D eigenvalue weighted by molar-refractivity contribution is 0.0692. The summed E-state index contributed by atoms with van der Waals surface area (Å²) in [5.74, 6) is 0.284. The fourth-order valence-corrected chi connectivity index (χ4v) is 2.85. The van der Waals surface area contributed by atoms with Gasteiger partial charge in [-0.3, -0.25) is 9.36 Å². The highest BCUT2D eigenvalue weighted by Gasteiger charge is 2.20. The van der Waals surface area contributed by atoms with E-state index in [2.05, 4.69) is 20.9 Å². The van der Waals surface area contributed by atoms with Crippen molar-refractivity contribution in [1.29, 1.82) is 0 Å². The van der Waals surface area contributed by atoms with Gasteiger partial charge in [0.15, 0.2) is 0 Å². The van der Waals surface area contributed by atoms with Gasteiger partial charge in [0, 0.05) is 23.7 Å². The largest absolute Gasteiger partial charge is 0.381 e. The maximum atomic E-state index is 12.6. The number of benzene rings is 1. The topological polar surface area (TPSA) is 70.1 Å². The van der Waals surface area contributed by atoms with E-state index in [1.54, 1.807) is 16.7 Å². The Balaban J connectivity index is 2.21. The number of hydrogen-bond acceptors (Lipinski definition) is 4. The van der Waals surface area contributed by atoms with Crippen LogP contribution in [0, 0.1) is 0 Å². The molecule has 0 radical (unpaired) electrons. The van der Waals surface area contributed by atoms with E-state index in [1.165, 1.54) is 0 Å². The number of ether oxygens (including phenoxy) is 1. The first-order valence-electron chi connectivity index (χ1n) is 6.22. The van der Waals surface area contributed by atoms with Crippen LogP contribution in [0.2, 0.25) is 0 Å². The van der Waals surface area contributed by atoms with E-state index in [0.717, 1.165) is 17.3 Å². The Morgan fingerprint density at radius 3 is 2.84 bits per heavy atom. The Morgan fingerprint density at radius 1 is 1.37 bits per heavy atom. The molecule has 1 saturated heterocycles. The molecule has 3 rings (SSSR count). The summed E-state index contributed by atoms with van der Waals surface area (Å²) in [7, 11) is 0. The van der Waals surface area contributed by atoms with Crippen molar-refractivity contribution in [3.63, 3.8) is 0 Å². The molecule has 2 heterocycles. The van der Waals surface area contributed by atoms with Crippen LogP contribution in [0.1, 0.15) is 18.9 Å². The highest BCUT2D eigenvalue weighted by Crippen LogP contribution is 2.23. The summed E-state index contributed by atoms with van der Waals surface area (Å²) < 4.78 is 7.80. The van der Waals surface area contributed by atoms with Crippen LogP contribution in [0.25, 0.3) is 10.9 Å². The fourth-order valence-electron chi connectivity index (χ4n) is 2.48. The van der Waals surface area contributed by atoms with Crippen LogP contribution in [-0.4, -0.2) is 22.8 Å². The molecule has 0 atom stereocenters. The van der Waals surface area contributed by atoms with E-state index in [1.807, 2.05) is 6.07 Å². The molecule has 2 aromatic rings. The smallest absolute Gasteiger partial charge is 0.263 e. The van der Waals surface area contributed by atoms with Crippen LogP contribution in [-0.2, 0) is 4.74 Å². The van der Waals surface area contributed by atoms with Gasteiger partial charge in [-0.1, -0.05) is 15.9 Å². The van der Waals surface area contributed by atoms with Gasteiger partial charge in [0.05, 0.1) is 10.9 Å². The first-order valence-corrected chi connectivity index (χ1v) is 7.01. The average molecular weight is 324 g/mol. The van der Waals surface area contributed by atoms with Gasteiger partial charge in [0.1, 0.15) is 0 Å². The molecule has 0 spiro atoms. The van der Waals surface area contributed by atoms with Crippen LogP contribution in [0.4, 0.5) is 5.95 Å². The van der Waals surface area contributed by atoms with Crippen molar-refractivity contribution >= 4 is 32.8 Å². The summed E-state index contributed by atoms with van der Waals surface area (Å²) in [6, 6.07) is 5.52. The molecule has 0 bridgehead atoms. The van der Waals surface area contributed by atoms with Crippen LogP contribution in [0.15, 0.2) is 27.5 Å². The van der Waals surface area contributed by atoms with Crippen LogP contribution in [0.5, 0.6) is 0 Å². The predicted molar refractivity (Wildman–Crippen MR) is 77.2 cm³/mol. The van der Waals surface area contributed by atoms with Crippen molar-refractivity contribution in [2.75, 3.05) is 18.9 Å². The molecule has 2 N–H and O–H groups in total. The second-order valence-corrected chi connectivity index (χ2v) is 5.57. The number of rotatable bonds is 1. The molecule has 6 heteroatoms. The Hall–Kier alpha value is -1.40. The molecule has 0 amide bonds. The first-order chi connectivity index (χ1) is 9.16. The maximum absolute atomic E-state index is 12.6. The summed E-state index contributed by atoms with van der Waals surface area (Å²) in [5.41, 5.74) is 6.52. The standard InChI is InChI=1S/C13H14BrN3O2/c14-8-1-2-11-10(7-8)12(18)17(13(15)16-11)9-3-5-19-6-4-9/h1-2,7,9H,3-6H2,(H2,15,16). The third kappa shape index (κ3) is 2.26. The third-order valence-corrected chi connectivity index (χ3v) is 3.94. The minimum absolute atomic E-state index is 0.0734. The van der Waals surface area contributed by atoms with Gasteiger partial charge in [-0.25, -0.2) is 4.98 Å². The summed E-state index contributed by atoms with van der Waals surface area (Å²) in [4.78, 5) is 16.9. The fraction of sp³-hybridized carbons (Fsp3) is 0.385. The van der Waals surface area contributed by atoms with Gasteiger partial charge < -0.3 is 10.5 Å². The molecule has 1 aliphatic rings. The molecule has 1 aromatic heterocycles. The number of halogens is 1. The molecule has 100 valence electrons. The Bertz CT molecular complexity index is 677. The zero-order valence-corrected chi connectivity index (χ0v) is 11.9. The van der Waals surface area contributed by atoms with Crippen molar-refractivity contribution in [2.24, 2.45) is 0 Å². The maximum Gasteiger partial charge on any atom is 0.263 e. The van der Waals surface area contributed by atoms with E-state index >= 15 is 0 Å². The van der Waals surface area contributed by atoms with Gasteiger partial charge in [-0.05, 0) is 31.0 Å². The highest BCUT2D eigenvalue weighted by molar-refractivity contribution is 9.10. The number of hydrogen-bond donors (Lipinski definition) is 1. The molecule has 0 saturated carbocycles. The Labute approximate surface area is 118 Å². The van der Waals surface area contributed by atoms with Crippen molar-refractivity contribution in [3.8, 4) is 0 Å². The lowest BCUT2D eigenvalue weighted by Crippen LogP contribution is -2.31. The SMILES string of the molecule is Nc1nc2ccc(Br)cc2c(=O)n1C1CCOCC1. The van der Waals surface area contributed by atoms with Gasteiger partial charge in [0.25, 0.3) is 5.56 Å². The van der Waals surface area contributed by atoms with Crippen molar-refractivity contribution in [2.45, 2.75) is 18.9 Å². The molecule has 1 aliphatic heterocycles. The highest BCUT2D eigenvalue weighted by atomic mass is 79.9. The van der Waals surface area contributed by atoms with Crippen LogP contribution < -0.4 is 11.3 Å². The number of nitrogens with two attached hydrogens (primary N) is 1. The van der Waals surface area contributed by atoms with E-state index in [-0.39, 0.29) is 17.5 Å². The molecular formula is C13H14BrN3O2. The number of nitrogen functional groups attached to an aromatic ring is 1. The minimum Gasteiger partial charge on any atom is -0.381 e. The summed E-state index contributed by atoms with van der Waals surface area (Å²) >= 11 is 3.38. The summed E-state index contributed by atoms with van der Waals surface area (Å²) in [5, 5.41) is 0.593. The number of fused-ring (bicyclic) bond motifs is 1. The second kappa shape index (κ2) is 4.94. The van der Waals surface area contributed by atoms with Crippen molar-refractivity contribution in [1.82, 2.24) is 9.55 Å². The summed E-state index contributed by atoms with van der Waals surface area (Å²) in [6.45, 7) is 1.32. The van der Waals surface area contributed by atoms with Crippen molar-refractivity contribution in [3.05, 3.63) is 33.0 Å². The van der Waals surface area contributed by atoms with E-state index in [9.17, 15) is 4.79 Å². The molecule has 1 fully saturated rings.